The highest BCUT2D eigenvalue weighted by Crippen LogP contribution is 2.18. The third kappa shape index (κ3) is 5.46. The zero-order valence-electron chi connectivity index (χ0n) is 16.3. The number of H-pyrrole nitrogens is 1. The van der Waals surface area contributed by atoms with Crippen molar-refractivity contribution in [3.63, 3.8) is 0 Å². The van der Waals surface area contributed by atoms with Crippen LogP contribution in [0, 0.1) is 0 Å². The Morgan fingerprint density at radius 3 is 2.50 bits per heavy atom. The van der Waals surface area contributed by atoms with Crippen molar-refractivity contribution in [1.29, 1.82) is 0 Å². The Labute approximate surface area is 165 Å². The van der Waals surface area contributed by atoms with Crippen LogP contribution in [0.3, 0.4) is 0 Å². The van der Waals surface area contributed by atoms with Crippen LogP contribution in [0.2, 0.25) is 0 Å². The Balaban J connectivity index is 1.43. The lowest BCUT2D eigenvalue weighted by molar-refractivity contribution is -0.129. The van der Waals surface area contributed by atoms with Crippen LogP contribution in [0.25, 0.3) is 10.9 Å². The molecule has 0 saturated carbocycles. The fourth-order valence-corrected chi connectivity index (χ4v) is 3.34. The summed E-state index contributed by atoms with van der Waals surface area (Å²) in [4.78, 5) is 29.1. The number of nitrogens with one attached hydrogen (secondary N) is 2. The Bertz CT molecular complexity index is 918. The van der Waals surface area contributed by atoms with Gasteiger partial charge in [-0.2, -0.15) is 0 Å². The SMILES string of the molecule is CC(=O)N(CCNC(=O)CCc1ccccc1)CCc1c[nH]c2ccccc12. The van der Waals surface area contributed by atoms with Gasteiger partial charge in [-0.25, -0.2) is 0 Å². The molecule has 0 atom stereocenters. The van der Waals surface area contributed by atoms with Crippen LogP contribution in [0.5, 0.6) is 0 Å². The number of nitrogens with zero attached hydrogens (tertiary/aromatic N) is 1. The molecule has 5 nitrogen and oxygen atoms in total. The largest absolute Gasteiger partial charge is 0.361 e. The highest BCUT2D eigenvalue weighted by Gasteiger charge is 2.11. The highest BCUT2D eigenvalue weighted by molar-refractivity contribution is 5.83. The molecule has 0 aliphatic rings. The Morgan fingerprint density at radius 2 is 1.71 bits per heavy atom. The standard InChI is InChI=1S/C23H27N3O2/c1-18(27)26(15-13-20-17-25-22-10-6-5-9-21(20)22)16-14-24-23(28)12-11-19-7-3-2-4-8-19/h2-10,17,25H,11-16H2,1H3,(H,24,28). The average molecular weight is 377 g/mol. The monoisotopic (exact) mass is 377 g/mol. The van der Waals surface area contributed by atoms with E-state index in [0.29, 0.717) is 26.1 Å². The molecule has 2 amide bonds. The maximum absolute atomic E-state index is 12.0. The predicted octanol–water partition coefficient (Wildman–Crippen LogP) is 3.31. The lowest BCUT2D eigenvalue weighted by atomic mass is 10.1. The topological polar surface area (TPSA) is 65.2 Å². The smallest absolute Gasteiger partial charge is 0.220 e. The summed E-state index contributed by atoms with van der Waals surface area (Å²) in [5.41, 5.74) is 3.47. The van der Waals surface area contributed by atoms with Gasteiger partial charge in [0, 0.05) is 50.1 Å². The lowest BCUT2D eigenvalue weighted by Gasteiger charge is -2.21. The summed E-state index contributed by atoms with van der Waals surface area (Å²) < 4.78 is 0. The van der Waals surface area contributed by atoms with Gasteiger partial charge in [-0.1, -0.05) is 48.5 Å². The number of hydrogen-bond acceptors (Lipinski definition) is 2. The van der Waals surface area contributed by atoms with Gasteiger partial charge in [0.15, 0.2) is 0 Å². The molecule has 0 saturated heterocycles. The first-order chi connectivity index (χ1) is 13.6. The predicted molar refractivity (Wildman–Crippen MR) is 112 cm³/mol. The van der Waals surface area contributed by atoms with Crippen LogP contribution >= 0.6 is 0 Å². The minimum absolute atomic E-state index is 0.0176. The molecule has 1 heterocycles. The number of carbonyl (C=O) groups is 2. The molecule has 28 heavy (non-hydrogen) atoms. The third-order valence-corrected chi connectivity index (χ3v) is 4.96. The molecule has 0 bridgehead atoms. The first kappa shape index (κ1) is 19.7. The quantitative estimate of drug-likeness (QED) is 0.601. The highest BCUT2D eigenvalue weighted by atomic mass is 16.2. The van der Waals surface area contributed by atoms with E-state index in [4.69, 9.17) is 0 Å². The summed E-state index contributed by atoms with van der Waals surface area (Å²) in [6.45, 7) is 3.21. The summed E-state index contributed by atoms with van der Waals surface area (Å²) in [5, 5.41) is 4.12. The molecule has 2 aromatic carbocycles. The second-order valence-electron chi connectivity index (χ2n) is 6.95. The van der Waals surface area contributed by atoms with Gasteiger partial charge in [-0.05, 0) is 30.0 Å². The maximum Gasteiger partial charge on any atom is 0.220 e. The van der Waals surface area contributed by atoms with E-state index in [-0.39, 0.29) is 11.8 Å². The van der Waals surface area contributed by atoms with Gasteiger partial charge in [-0.15, -0.1) is 0 Å². The average Bonchev–Trinajstić information content (AvgIpc) is 3.12. The van der Waals surface area contributed by atoms with E-state index in [1.807, 2.05) is 54.7 Å². The summed E-state index contributed by atoms with van der Waals surface area (Å²) in [7, 11) is 0. The minimum Gasteiger partial charge on any atom is -0.361 e. The fourth-order valence-electron chi connectivity index (χ4n) is 3.34. The molecule has 5 heteroatoms. The number of aromatic nitrogens is 1. The number of aryl methyl sites for hydroxylation is 1. The Kier molecular flexibility index (Phi) is 6.84. The van der Waals surface area contributed by atoms with Crippen LogP contribution < -0.4 is 5.32 Å². The van der Waals surface area contributed by atoms with Crippen LogP contribution in [0.4, 0.5) is 0 Å². The number of carbonyl (C=O) groups excluding carboxylic acids is 2. The zero-order chi connectivity index (χ0) is 19.8. The second kappa shape index (κ2) is 9.74. The Morgan fingerprint density at radius 1 is 0.964 bits per heavy atom. The molecule has 2 N–H and O–H groups in total. The summed E-state index contributed by atoms with van der Waals surface area (Å²) in [5.74, 6) is 0.0439. The molecular formula is C23H27N3O2. The van der Waals surface area contributed by atoms with E-state index in [1.165, 1.54) is 10.9 Å². The number of benzene rings is 2. The molecule has 3 aromatic rings. The van der Waals surface area contributed by atoms with Crippen LogP contribution in [0.15, 0.2) is 60.8 Å². The van der Waals surface area contributed by atoms with Gasteiger partial charge in [0.1, 0.15) is 0 Å². The number of hydrogen-bond donors (Lipinski definition) is 2. The van der Waals surface area contributed by atoms with Gasteiger partial charge in [-0.3, -0.25) is 9.59 Å². The van der Waals surface area contributed by atoms with Gasteiger partial charge in [0.2, 0.25) is 11.8 Å². The zero-order valence-corrected chi connectivity index (χ0v) is 16.3. The summed E-state index contributed by atoms with van der Waals surface area (Å²) >= 11 is 0. The molecule has 0 aliphatic carbocycles. The lowest BCUT2D eigenvalue weighted by Crippen LogP contribution is -2.38. The number of rotatable bonds is 9. The Hall–Kier alpha value is -3.08. The molecule has 3 rings (SSSR count). The van der Waals surface area contributed by atoms with Gasteiger partial charge < -0.3 is 15.2 Å². The number of amides is 2. The van der Waals surface area contributed by atoms with Gasteiger partial charge in [0.25, 0.3) is 0 Å². The van der Waals surface area contributed by atoms with E-state index in [2.05, 4.69) is 16.4 Å². The van der Waals surface area contributed by atoms with E-state index >= 15 is 0 Å². The van der Waals surface area contributed by atoms with Crippen LogP contribution in [-0.2, 0) is 22.4 Å². The van der Waals surface area contributed by atoms with Gasteiger partial charge >= 0.3 is 0 Å². The van der Waals surface area contributed by atoms with Crippen molar-refractivity contribution in [1.82, 2.24) is 15.2 Å². The molecule has 0 radical (unpaired) electrons. The van der Waals surface area contributed by atoms with Crippen molar-refractivity contribution < 1.29 is 9.59 Å². The van der Waals surface area contributed by atoms with Crippen molar-refractivity contribution in [3.8, 4) is 0 Å². The van der Waals surface area contributed by atoms with E-state index in [9.17, 15) is 9.59 Å². The number of para-hydroxylation sites is 1. The van der Waals surface area contributed by atoms with Crippen molar-refractivity contribution in [2.24, 2.45) is 0 Å². The van der Waals surface area contributed by atoms with Crippen molar-refractivity contribution >= 4 is 22.7 Å². The van der Waals surface area contributed by atoms with Crippen LogP contribution in [-0.4, -0.2) is 41.3 Å². The normalized spacial score (nSPS) is 10.8. The van der Waals surface area contributed by atoms with Crippen molar-refractivity contribution in [2.75, 3.05) is 19.6 Å². The number of fused-ring (bicyclic) bond motifs is 1. The van der Waals surface area contributed by atoms with Crippen molar-refractivity contribution in [2.45, 2.75) is 26.2 Å². The first-order valence-corrected chi connectivity index (χ1v) is 9.74. The minimum atomic E-state index is 0.0176. The second-order valence-corrected chi connectivity index (χ2v) is 6.95. The maximum atomic E-state index is 12.0. The third-order valence-electron chi connectivity index (χ3n) is 4.96. The summed E-state index contributed by atoms with van der Waals surface area (Å²) in [6, 6.07) is 18.1. The van der Waals surface area contributed by atoms with Gasteiger partial charge in [0.05, 0.1) is 0 Å². The molecular weight excluding hydrogens is 350 g/mol. The van der Waals surface area contributed by atoms with Crippen molar-refractivity contribution in [3.05, 3.63) is 71.9 Å². The molecule has 0 unspecified atom stereocenters. The van der Waals surface area contributed by atoms with E-state index in [0.717, 1.165) is 23.9 Å². The molecule has 0 spiro atoms. The van der Waals surface area contributed by atoms with Crippen LogP contribution in [0.1, 0.15) is 24.5 Å². The number of aromatic amines is 1. The summed E-state index contributed by atoms with van der Waals surface area (Å²) in [6.07, 6.45) is 3.98. The molecule has 0 aliphatic heterocycles. The molecule has 1 aromatic heterocycles. The van der Waals surface area contributed by atoms with E-state index in [1.54, 1.807) is 11.8 Å². The first-order valence-electron chi connectivity index (χ1n) is 9.74. The molecule has 0 fully saturated rings. The van der Waals surface area contributed by atoms with E-state index < -0.39 is 0 Å². The molecule has 146 valence electrons. The fraction of sp³-hybridized carbons (Fsp3) is 0.304.